The maximum atomic E-state index is 12.9. The smallest absolute Gasteiger partial charge is 0.313 e. The molecular formula is C24H29NO2. The van der Waals surface area contributed by atoms with Crippen LogP contribution in [0.4, 0.5) is 0 Å². The number of cyclic esters (lactones) is 1. The minimum absolute atomic E-state index is 0.0279. The molecule has 0 saturated carbocycles. The number of carbonyl (C=O) groups excluding carboxylic acids is 1. The normalized spacial score (nSPS) is 27.5. The Morgan fingerprint density at radius 2 is 1.74 bits per heavy atom. The monoisotopic (exact) mass is 363 g/mol. The molecule has 2 fully saturated rings. The van der Waals surface area contributed by atoms with Crippen LogP contribution in [0.1, 0.15) is 49.8 Å². The summed E-state index contributed by atoms with van der Waals surface area (Å²) in [6, 6.07) is 21.5. The van der Waals surface area contributed by atoms with E-state index in [-0.39, 0.29) is 23.3 Å². The van der Waals surface area contributed by atoms with E-state index in [1.54, 1.807) is 0 Å². The molecular weight excluding hydrogens is 334 g/mol. The minimum atomic E-state index is -0.343. The quantitative estimate of drug-likeness (QED) is 0.513. The Morgan fingerprint density at radius 3 is 2.44 bits per heavy atom. The summed E-state index contributed by atoms with van der Waals surface area (Å²) in [5.41, 5.74) is 2.26. The summed E-state index contributed by atoms with van der Waals surface area (Å²) >= 11 is 0. The first-order valence-electron chi connectivity index (χ1n) is 10.2. The highest BCUT2D eigenvalue weighted by atomic mass is 16.5. The first kappa shape index (κ1) is 18.2. The Kier molecular flexibility index (Phi) is 5.31. The molecule has 2 aliphatic heterocycles. The summed E-state index contributed by atoms with van der Waals surface area (Å²) in [5.74, 6) is 0.271. The van der Waals surface area contributed by atoms with E-state index in [0.717, 1.165) is 25.9 Å². The van der Waals surface area contributed by atoms with Crippen molar-refractivity contribution in [1.29, 1.82) is 0 Å². The number of nitrogens with zero attached hydrogens (tertiary/aromatic N) is 1. The van der Waals surface area contributed by atoms with Gasteiger partial charge in [0.05, 0.1) is 12.0 Å². The number of carbonyl (C=O) groups is 1. The van der Waals surface area contributed by atoms with Crippen molar-refractivity contribution >= 4 is 5.97 Å². The molecule has 0 bridgehead atoms. The van der Waals surface area contributed by atoms with E-state index >= 15 is 0 Å². The molecule has 3 atom stereocenters. The molecule has 3 heteroatoms. The number of fused-ring (bicyclic) bond motifs is 1. The molecule has 2 saturated heterocycles. The number of likely N-dealkylation sites (tertiary alicyclic amines) is 1. The molecule has 27 heavy (non-hydrogen) atoms. The average Bonchev–Trinajstić information content (AvgIpc) is 3.17. The summed E-state index contributed by atoms with van der Waals surface area (Å²) in [5, 5.41) is 0. The van der Waals surface area contributed by atoms with Crippen molar-refractivity contribution in [3.8, 4) is 0 Å². The largest absolute Gasteiger partial charge is 0.465 e. The van der Waals surface area contributed by atoms with Gasteiger partial charge in [0.1, 0.15) is 0 Å². The van der Waals surface area contributed by atoms with Gasteiger partial charge >= 0.3 is 5.97 Å². The second-order valence-electron chi connectivity index (χ2n) is 8.06. The fraction of sp³-hybridized carbons (Fsp3) is 0.458. The van der Waals surface area contributed by atoms with Gasteiger partial charge in [0, 0.05) is 25.0 Å². The number of rotatable bonds is 7. The number of benzene rings is 2. The lowest BCUT2D eigenvalue weighted by atomic mass is 9.73. The topological polar surface area (TPSA) is 29.5 Å². The van der Waals surface area contributed by atoms with Crippen molar-refractivity contribution in [1.82, 2.24) is 4.90 Å². The zero-order valence-electron chi connectivity index (χ0n) is 16.1. The summed E-state index contributed by atoms with van der Waals surface area (Å²) in [7, 11) is 0. The predicted octanol–water partition coefficient (Wildman–Crippen LogP) is 4.98. The minimum Gasteiger partial charge on any atom is -0.465 e. The van der Waals surface area contributed by atoms with E-state index in [1.165, 1.54) is 24.0 Å². The number of hydrogen-bond acceptors (Lipinski definition) is 3. The van der Waals surface area contributed by atoms with Crippen molar-refractivity contribution < 1.29 is 9.53 Å². The van der Waals surface area contributed by atoms with Crippen LogP contribution in [0.3, 0.4) is 0 Å². The van der Waals surface area contributed by atoms with Gasteiger partial charge in [0.15, 0.2) is 0 Å². The molecule has 2 aromatic carbocycles. The van der Waals surface area contributed by atoms with Crippen LogP contribution in [0.15, 0.2) is 60.7 Å². The lowest BCUT2D eigenvalue weighted by Gasteiger charge is -2.28. The van der Waals surface area contributed by atoms with Crippen LogP contribution in [0.25, 0.3) is 0 Å². The van der Waals surface area contributed by atoms with Gasteiger partial charge in [-0.1, -0.05) is 86.8 Å². The van der Waals surface area contributed by atoms with Gasteiger partial charge in [0.2, 0.25) is 0 Å². The number of hydrogen-bond donors (Lipinski definition) is 0. The van der Waals surface area contributed by atoms with Crippen molar-refractivity contribution in [3.05, 3.63) is 71.8 Å². The molecule has 2 heterocycles. The van der Waals surface area contributed by atoms with Crippen LogP contribution in [0, 0.1) is 11.3 Å². The van der Waals surface area contributed by atoms with Crippen molar-refractivity contribution in [2.75, 3.05) is 13.2 Å². The van der Waals surface area contributed by atoms with Crippen LogP contribution < -0.4 is 0 Å². The van der Waals surface area contributed by atoms with Crippen molar-refractivity contribution in [2.24, 2.45) is 11.3 Å². The van der Waals surface area contributed by atoms with Gasteiger partial charge in [0.25, 0.3) is 0 Å². The fourth-order valence-corrected chi connectivity index (χ4v) is 5.03. The standard InChI is InChI=1S/C24H29NO2/c1-2-3-10-15-24-18-25(16-19-11-6-4-7-12-19)22(20-13-8-5-9-14-20)21(24)17-27-23(24)26/h4-9,11-14,21-22H,2-3,10,15-18H2,1H3/t21-,22-,24+/m1/s1. The molecule has 2 aromatic rings. The van der Waals surface area contributed by atoms with Gasteiger partial charge in [-0.15, -0.1) is 0 Å². The van der Waals surface area contributed by atoms with Crippen molar-refractivity contribution in [3.63, 3.8) is 0 Å². The van der Waals surface area contributed by atoms with Crippen molar-refractivity contribution in [2.45, 2.75) is 45.2 Å². The van der Waals surface area contributed by atoms with Crippen LogP contribution in [-0.2, 0) is 16.1 Å². The van der Waals surface area contributed by atoms with Gasteiger partial charge in [-0.3, -0.25) is 9.69 Å². The Labute approximate surface area is 162 Å². The molecule has 3 nitrogen and oxygen atoms in total. The van der Waals surface area contributed by atoms with Crippen LogP contribution >= 0.6 is 0 Å². The molecule has 0 aromatic heterocycles. The summed E-state index contributed by atoms with van der Waals surface area (Å²) < 4.78 is 5.64. The van der Waals surface area contributed by atoms with Gasteiger partial charge in [-0.2, -0.15) is 0 Å². The first-order valence-corrected chi connectivity index (χ1v) is 10.2. The third kappa shape index (κ3) is 3.41. The lowest BCUT2D eigenvalue weighted by molar-refractivity contribution is -0.147. The second-order valence-corrected chi connectivity index (χ2v) is 8.06. The van der Waals surface area contributed by atoms with E-state index in [9.17, 15) is 4.79 Å². The molecule has 0 N–H and O–H groups in total. The highest BCUT2D eigenvalue weighted by molar-refractivity contribution is 5.80. The highest BCUT2D eigenvalue weighted by Gasteiger charge is 2.61. The van der Waals surface area contributed by atoms with E-state index in [4.69, 9.17) is 4.74 Å². The van der Waals surface area contributed by atoms with Gasteiger partial charge in [-0.05, 0) is 17.5 Å². The fourth-order valence-electron chi connectivity index (χ4n) is 5.03. The van der Waals surface area contributed by atoms with E-state index in [2.05, 4.69) is 72.5 Å². The molecule has 0 aliphatic carbocycles. The Bertz CT molecular complexity index is 760. The third-order valence-corrected chi connectivity index (χ3v) is 6.37. The second kappa shape index (κ2) is 7.85. The molecule has 0 spiro atoms. The van der Waals surface area contributed by atoms with Gasteiger partial charge in [-0.25, -0.2) is 0 Å². The Balaban J connectivity index is 1.67. The van der Waals surface area contributed by atoms with E-state index < -0.39 is 0 Å². The van der Waals surface area contributed by atoms with E-state index in [1.807, 2.05) is 0 Å². The molecule has 2 aliphatic rings. The highest BCUT2D eigenvalue weighted by Crippen LogP contribution is 2.55. The first-order chi connectivity index (χ1) is 13.2. The SMILES string of the molecule is CCCCC[C@]12CN(Cc3ccccc3)[C@H](c3ccccc3)[C@H]1COC2=O. The predicted molar refractivity (Wildman–Crippen MR) is 107 cm³/mol. The maximum absolute atomic E-state index is 12.9. The maximum Gasteiger partial charge on any atom is 0.313 e. The summed E-state index contributed by atoms with van der Waals surface area (Å²) in [4.78, 5) is 15.4. The molecule has 0 amide bonds. The summed E-state index contributed by atoms with van der Waals surface area (Å²) in [6.45, 7) is 4.44. The summed E-state index contributed by atoms with van der Waals surface area (Å²) in [6.07, 6.45) is 4.39. The number of esters is 1. The number of unbranched alkanes of at least 4 members (excludes halogenated alkanes) is 2. The Hall–Kier alpha value is -2.13. The zero-order valence-corrected chi connectivity index (χ0v) is 16.1. The Morgan fingerprint density at radius 1 is 1.04 bits per heavy atom. The van der Waals surface area contributed by atoms with Gasteiger partial charge < -0.3 is 4.74 Å². The molecule has 4 rings (SSSR count). The zero-order chi connectivity index (χ0) is 18.7. The van der Waals surface area contributed by atoms with E-state index in [0.29, 0.717) is 6.61 Å². The molecule has 0 unspecified atom stereocenters. The average molecular weight is 364 g/mol. The van der Waals surface area contributed by atoms with Crippen LogP contribution in [0.5, 0.6) is 0 Å². The number of ether oxygens (including phenoxy) is 1. The molecule has 142 valence electrons. The molecule has 0 radical (unpaired) electrons. The van der Waals surface area contributed by atoms with Crippen LogP contribution in [-0.4, -0.2) is 24.0 Å². The lowest BCUT2D eigenvalue weighted by Crippen LogP contribution is -2.34. The third-order valence-electron chi connectivity index (χ3n) is 6.37. The van der Waals surface area contributed by atoms with Crippen LogP contribution in [0.2, 0.25) is 0 Å².